The predicted octanol–water partition coefficient (Wildman–Crippen LogP) is 2.57. The first-order valence-electron chi connectivity index (χ1n) is 6.79. The first-order chi connectivity index (χ1) is 11.3. The Hall–Kier alpha value is -2.30. The molecule has 0 atom stereocenters. The fourth-order valence-corrected chi connectivity index (χ4v) is 3.16. The van der Waals surface area contributed by atoms with Crippen molar-refractivity contribution in [3.8, 4) is 0 Å². The number of anilines is 1. The molecule has 2 rings (SSSR count). The van der Waals surface area contributed by atoms with Crippen molar-refractivity contribution >= 4 is 45.7 Å². The Labute approximate surface area is 145 Å². The minimum absolute atomic E-state index is 0.0315. The molecule has 0 spiro atoms. The van der Waals surface area contributed by atoms with Crippen molar-refractivity contribution in [3.05, 3.63) is 33.0 Å². The summed E-state index contributed by atoms with van der Waals surface area (Å²) in [5.41, 5.74) is 1.44. The Morgan fingerprint density at radius 3 is 2.71 bits per heavy atom. The second-order valence-corrected chi connectivity index (χ2v) is 6.69. The van der Waals surface area contributed by atoms with Crippen molar-refractivity contribution in [3.63, 3.8) is 0 Å². The number of nitrogens with one attached hydrogen (secondary N) is 1. The van der Waals surface area contributed by atoms with Gasteiger partial charge < -0.3 is 4.74 Å². The van der Waals surface area contributed by atoms with Gasteiger partial charge in [-0.3, -0.25) is 20.1 Å². The van der Waals surface area contributed by atoms with Gasteiger partial charge in [-0.25, -0.2) is 9.78 Å². The molecule has 0 aromatic carbocycles. The van der Waals surface area contributed by atoms with E-state index < -0.39 is 17.9 Å². The van der Waals surface area contributed by atoms with Gasteiger partial charge in [-0.15, -0.1) is 22.7 Å². The van der Waals surface area contributed by atoms with E-state index in [0.29, 0.717) is 5.69 Å². The zero-order valence-electron chi connectivity index (χ0n) is 12.9. The lowest BCUT2D eigenvalue weighted by Gasteiger charge is -2.08. The molecular formula is C14H15N3O5S2. The molecule has 0 fully saturated rings. The molecule has 0 aliphatic rings. The van der Waals surface area contributed by atoms with Gasteiger partial charge in [0.25, 0.3) is 5.91 Å². The van der Waals surface area contributed by atoms with Crippen LogP contribution in [0, 0.1) is 6.92 Å². The standard InChI is InChI=1S/C14H15N3O5S2/c1-8-3-11(23-6-8)5-22-14(20)16-13-15-10(7-24-13)4-12(19)17(21)9(2)18/h3,6-7,21H,4-5H2,1-2H3,(H,15,16,20). The zero-order valence-corrected chi connectivity index (χ0v) is 14.6. The maximum atomic E-state index is 11.7. The molecule has 0 saturated carbocycles. The summed E-state index contributed by atoms with van der Waals surface area (Å²) in [6.07, 6.45) is -0.904. The predicted molar refractivity (Wildman–Crippen MR) is 88.0 cm³/mol. The summed E-state index contributed by atoms with van der Waals surface area (Å²) in [4.78, 5) is 39.1. The highest BCUT2D eigenvalue weighted by Gasteiger charge is 2.17. The number of hydrogen-bond acceptors (Lipinski definition) is 8. The monoisotopic (exact) mass is 369 g/mol. The lowest BCUT2D eigenvalue weighted by atomic mass is 10.3. The number of rotatable bonds is 5. The number of imide groups is 1. The molecule has 0 aliphatic carbocycles. The SMILES string of the molecule is CC(=O)N(O)C(=O)Cc1csc(NC(=O)OCc2cc(C)cs2)n1. The number of thiophene rings is 1. The van der Waals surface area contributed by atoms with Crippen LogP contribution in [-0.4, -0.2) is 33.2 Å². The van der Waals surface area contributed by atoms with Gasteiger partial charge in [-0.05, 0) is 23.9 Å². The highest BCUT2D eigenvalue weighted by Crippen LogP contribution is 2.18. The topological polar surface area (TPSA) is 109 Å². The van der Waals surface area contributed by atoms with Crippen LogP contribution >= 0.6 is 22.7 Å². The smallest absolute Gasteiger partial charge is 0.413 e. The number of aryl methyl sites for hydroxylation is 1. The van der Waals surface area contributed by atoms with Crippen LogP contribution < -0.4 is 5.32 Å². The fraction of sp³-hybridized carbons (Fsp3) is 0.286. The number of nitrogens with zero attached hydrogens (tertiary/aromatic N) is 2. The minimum Gasteiger partial charge on any atom is -0.444 e. The molecule has 0 saturated heterocycles. The number of amides is 3. The van der Waals surface area contributed by atoms with Crippen molar-refractivity contribution in [1.29, 1.82) is 0 Å². The number of carbonyl (C=O) groups is 3. The van der Waals surface area contributed by atoms with Crippen LogP contribution in [0.3, 0.4) is 0 Å². The quantitative estimate of drug-likeness (QED) is 0.619. The van der Waals surface area contributed by atoms with E-state index in [0.717, 1.165) is 28.7 Å². The van der Waals surface area contributed by atoms with Crippen LogP contribution in [-0.2, 0) is 27.4 Å². The summed E-state index contributed by atoms with van der Waals surface area (Å²) < 4.78 is 5.07. The lowest BCUT2D eigenvalue weighted by molar-refractivity contribution is -0.176. The third-order valence-electron chi connectivity index (χ3n) is 2.76. The molecule has 2 N–H and O–H groups in total. The summed E-state index contributed by atoms with van der Waals surface area (Å²) in [5, 5.41) is 15.5. The molecule has 0 unspecified atom stereocenters. The van der Waals surface area contributed by atoms with E-state index in [4.69, 9.17) is 4.74 Å². The van der Waals surface area contributed by atoms with Crippen LogP contribution in [0.2, 0.25) is 0 Å². The molecule has 0 aliphatic heterocycles. The molecule has 128 valence electrons. The fourth-order valence-electron chi connectivity index (χ4n) is 1.68. The van der Waals surface area contributed by atoms with E-state index in [1.807, 2.05) is 18.4 Å². The van der Waals surface area contributed by atoms with Crippen LogP contribution in [0.25, 0.3) is 0 Å². The Morgan fingerprint density at radius 2 is 2.08 bits per heavy atom. The molecular weight excluding hydrogens is 354 g/mol. The Balaban J connectivity index is 1.83. The molecule has 3 amide bonds. The first-order valence-corrected chi connectivity index (χ1v) is 8.55. The molecule has 2 aromatic heterocycles. The number of hydroxylamine groups is 2. The lowest BCUT2D eigenvalue weighted by Crippen LogP contribution is -2.33. The van der Waals surface area contributed by atoms with E-state index in [1.54, 1.807) is 5.38 Å². The zero-order chi connectivity index (χ0) is 17.7. The number of aromatic nitrogens is 1. The van der Waals surface area contributed by atoms with Crippen LogP contribution in [0.15, 0.2) is 16.8 Å². The van der Waals surface area contributed by atoms with Gasteiger partial charge in [-0.1, -0.05) is 0 Å². The average Bonchev–Trinajstić information content (AvgIpc) is 3.13. The molecule has 2 aromatic rings. The highest BCUT2D eigenvalue weighted by atomic mass is 32.1. The summed E-state index contributed by atoms with van der Waals surface area (Å²) >= 11 is 2.61. The van der Waals surface area contributed by atoms with Gasteiger partial charge in [0.2, 0.25) is 5.91 Å². The van der Waals surface area contributed by atoms with Crippen LogP contribution in [0.5, 0.6) is 0 Å². The van der Waals surface area contributed by atoms with E-state index in [-0.39, 0.29) is 23.2 Å². The van der Waals surface area contributed by atoms with Gasteiger partial charge >= 0.3 is 6.09 Å². The summed E-state index contributed by atoms with van der Waals surface area (Å²) in [6, 6.07) is 1.93. The van der Waals surface area contributed by atoms with E-state index in [9.17, 15) is 19.6 Å². The molecule has 24 heavy (non-hydrogen) atoms. The van der Waals surface area contributed by atoms with Gasteiger partial charge in [0.15, 0.2) is 5.13 Å². The maximum Gasteiger partial charge on any atom is 0.413 e. The molecule has 8 nitrogen and oxygen atoms in total. The summed E-state index contributed by atoms with van der Waals surface area (Å²) in [6.45, 7) is 3.19. The van der Waals surface area contributed by atoms with Crippen molar-refractivity contribution in [1.82, 2.24) is 10.0 Å². The largest absolute Gasteiger partial charge is 0.444 e. The normalized spacial score (nSPS) is 10.3. The van der Waals surface area contributed by atoms with Crippen molar-refractivity contribution < 1.29 is 24.3 Å². The Kier molecular flexibility index (Phi) is 6.01. The van der Waals surface area contributed by atoms with Crippen LogP contribution in [0.1, 0.15) is 23.1 Å². The summed E-state index contributed by atoms with van der Waals surface area (Å²) in [5.74, 6) is -1.57. The Bertz CT molecular complexity index is 755. The van der Waals surface area contributed by atoms with Gasteiger partial charge in [-0.2, -0.15) is 5.06 Å². The second-order valence-electron chi connectivity index (χ2n) is 4.84. The highest BCUT2D eigenvalue weighted by molar-refractivity contribution is 7.14. The van der Waals surface area contributed by atoms with Crippen LogP contribution in [0.4, 0.5) is 9.93 Å². The second kappa shape index (κ2) is 7.99. The van der Waals surface area contributed by atoms with Gasteiger partial charge in [0, 0.05) is 17.2 Å². The average molecular weight is 369 g/mol. The number of hydrogen-bond donors (Lipinski definition) is 2. The van der Waals surface area contributed by atoms with Crippen molar-refractivity contribution in [2.75, 3.05) is 5.32 Å². The maximum absolute atomic E-state index is 11.7. The Morgan fingerprint density at radius 1 is 1.33 bits per heavy atom. The molecule has 2 heterocycles. The van der Waals surface area contributed by atoms with E-state index >= 15 is 0 Å². The van der Waals surface area contributed by atoms with Crippen molar-refractivity contribution in [2.24, 2.45) is 0 Å². The number of carbonyl (C=O) groups excluding carboxylic acids is 3. The van der Waals surface area contributed by atoms with E-state index in [2.05, 4.69) is 10.3 Å². The number of thiazole rings is 1. The number of ether oxygens (including phenoxy) is 1. The van der Waals surface area contributed by atoms with Crippen molar-refractivity contribution in [2.45, 2.75) is 26.9 Å². The minimum atomic E-state index is -0.796. The third kappa shape index (κ3) is 5.11. The van der Waals surface area contributed by atoms with E-state index in [1.165, 1.54) is 11.3 Å². The summed E-state index contributed by atoms with van der Waals surface area (Å²) in [7, 11) is 0. The molecule has 10 heteroatoms. The first kappa shape index (κ1) is 18.0. The third-order valence-corrected chi connectivity index (χ3v) is 4.59. The molecule has 0 radical (unpaired) electrons. The van der Waals surface area contributed by atoms with Gasteiger partial charge in [0.1, 0.15) is 6.61 Å². The van der Waals surface area contributed by atoms with Gasteiger partial charge in [0.05, 0.1) is 12.1 Å². The molecule has 0 bridgehead atoms.